The molecule has 1 aliphatic rings. The Labute approximate surface area is 113 Å². The zero-order chi connectivity index (χ0) is 13.7. The molecule has 5 nitrogen and oxygen atoms in total. The van der Waals surface area contributed by atoms with Crippen LogP contribution in [0.5, 0.6) is 11.5 Å². The van der Waals surface area contributed by atoms with Crippen molar-refractivity contribution in [1.29, 1.82) is 0 Å². The SMILES string of the molecule is COc1cccc(CNC(=O)C2CCNC2)c1OC. The average Bonchev–Trinajstić information content (AvgIpc) is 2.98. The number of methoxy groups -OCH3 is 2. The standard InChI is InChI=1S/C14H20N2O3/c1-18-12-5-3-4-10(13(12)19-2)9-16-14(17)11-6-7-15-8-11/h3-5,11,15H,6-9H2,1-2H3,(H,16,17). The van der Waals surface area contributed by atoms with Gasteiger partial charge in [0.25, 0.3) is 0 Å². The number of benzene rings is 1. The smallest absolute Gasteiger partial charge is 0.224 e. The van der Waals surface area contributed by atoms with E-state index in [2.05, 4.69) is 10.6 Å². The predicted octanol–water partition coefficient (Wildman–Crippen LogP) is 0.929. The predicted molar refractivity (Wildman–Crippen MR) is 72.4 cm³/mol. The summed E-state index contributed by atoms with van der Waals surface area (Å²) in [5.74, 6) is 1.53. The lowest BCUT2D eigenvalue weighted by Crippen LogP contribution is -2.31. The zero-order valence-corrected chi connectivity index (χ0v) is 11.4. The second-order valence-corrected chi connectivity index (χ2v) is 4.56. The fraction of sp³-hybridized carbons (Fsp3) is 0.500. The third-order valence-corrected chi connectivity index (χ3v) is 3.37. The molecule has 2 N–H and O–H groups in total. The van der Waals surface area contributed by atoms with Crippen molar-refractivity contribution in [2.24, 2.45) is 5.92 Å². The van der Waals surface area contributed by atoms with Crippen molar-refractivity contribution in [3.63, 3.8) is 0 Å². The first-order valence-corrected chi connectivity index (χ1v) is 6.44. The van der Waals surface area contributed by atoms with Crippen molar-refractivity contribution in [2.45, 2.75) is 13.0 Å². The fourth-order valence-electron chi connectivity index (χ4n) is 2.30. The van der Waals surface area contributed by atoms with Gasteiger partial charge in [0.2, 0.25) is 5.91 Å². The van der Waals surface area contributed by atoms with Crippen LogP contribution in [-0.2, 0) is 11.3 Å². The van der Waals surface area contributed by atoms with Crippen molar-refractivity contribution in [2.75, 3.05) is 27.3 Å². The number of rotatable bonds is 5. The second kappa shape index (κ2) is 6.43. The normalized spacial score (nSPS) is 18.1. The molecule has 19 heavy (non-hydrogen) atoms. The lowest BCUT2D eigenvalue weighted by atomic mass is 10.1. The van der Waals surface area contributed by atoms with Gasteiger partial charge in [-0.2, -0.15) is 0 Å². The van der Waals surface area contributed by atoms with E-state index >= 15 is 0 Å². The van der Waals surface area contributed by atoms with Crippen LogP contribution < -0.4 is 20.1 Å². The Morgan fingerprint density at radius 2 is 2.26 bits per heavy atom. The van der Waals surface area contributed by atoms with Crippen LogP contribution in [-0.4, -0.2) is 33.2 Å². The molecule has 0 saturated carbocycles. The van der Waals surface area contributed by atoms with Crippen LogP contribution in [0.4, 0.5) is 0 Å². The number of amides is 1. The van der Waals surface area contributed by atoms with Crippen LogP contribution in [0.1, 0.15) is 12.0 Å². The van der Waals surface area contributed by atoms with E-state index in [9.17, 15) is 4.79 Å². The highest BCUT2D eigenvalue weighted by molar-refractivity contribution is 5.79. The maximum Gasteiger partial charge on any atom is 0.224 e. The largest absolute Gasteiger partial charge is 0.493 e. The summed E-state index contributed by atoms with van der Waals surface area (Å²) in [5, 5.41) is 6.14. The van der Waals surface area contributed by atoms with E-state index in [0.29, 0.717) is 18.0 Å². The van der Waals surface area contributed by atoms with E-state index in [1.165, 1.54) is 0 Å². The molecule has 1 heterocycles. The number of ether oxygens (including phenoxy) is 2. The molecule has 104 valence electrons. The molecule has 1 atom stereocenters. The van der Waals surface area contributed by atoms with Crippen LogP contribution in [0, 0.1) is 5.92 Å². The summed E-state index contributed by atoms with van der Waals surface area (Å²) in [7, 11) is 3.20. The third-order valence-electron chi connectivity index (χ3n) is 3.37. The fourth-order valence-corrected chi connectivity index (χ4v) is 2.30. The van der Waals surface area contributed by atoms with Crippen LogP contribution >= 0.6 is 0 Å². The maximum absolute atomic E-state index is 11.9. The highest BCUT2D eigenvalue weighted by Gasteiger charge is 2.22. The van der Waals surface area contributed by atoms with Gasteiger partial charge in [0.1, 0.15) is 0 Å². The first-order valence-electron chi connectivity index (χ1n) is 6.44. The molecule has 1 saturated heterocycles. The quantitative estimate of drug-likeness (QED) is 0.830. The van der Waals surface area contributed by atoms with Gasteiger partial charge in [-0.3, -0.25) is 4.79 Å². The van der Waals surface area contributed by atoms with Gasteiger partial charge >= 0.3 is 0 Å². The summed E-state index contributed by atoms with van der Waals surface area (Å²) in [4.78, 5) is 11.9. The van der Waals surface area contributed by atoms with E-state index in [1.807, 2.05) is 18.2 Å². The van der Waals surface area contributed by atoms with Gasteiger partial charge in [-0.1, -0.05) is 12.1 Å². The summed E-state index contributed by atoms with van der Waals surface area (Å²) < 4.78 is 10.6. The minimum Gasteiger partial charge on any atom is -0.493 e. The minimum absolute atomic E-state index is 0.0802. The molecule has 0 bridgehead atoms. The Morgan fingerprint density at radius 1 is 1.42 bits per heavy atom. The van der Waals surface area contributed by atoms with Gasteiger partial charge in [-0.05, 0) is 19.0 Å². The number of carbonyl (C=O) groups excluding carboxylic acids is 1. The summed E-state index contributed by atoms with van der Waals surface area (Å²) in [6.45, 7) is 2.14. The summed E-state index contributed by atoms with van der Waals surface area (Å²) in [6.07, 6.45) is 0.904. The molecular formula is C14H20N2O3. The lowest BCUT2D eigenvalue weighted by molar-refractivity contribution is -0.124. The van der Waals surface area contributed by atoms with E-state index in [4.69, 9.17) is 9.47 Å². The van der Waals surface area contributed by atoms with E-state index < -0.39 is 0 Å². The van der Waals surface area contributed by atoms with Gasteiger partial charge in [0, 0.05) is 18.7 Å². The summed E-state index contributed by atoms with van der Waals surface area (Å²) >= 11 is 0. The van der Waals surface area contributed by atoms with Crippen molar-refractivity contribution in [3.05, 3.63) is 23.8 Å². The molecule has 0 radical (unpaired) electrons. The van der Waals surface area contributed by atoms with Crippen molar-refractivity contribution in [1.82, 2.24) is 10.6 Å². The Morgan fingerprint density at radius 3 is 2.89 bits per heavy atom. The second-order valence-electron chi connectivity index (χ2n) is 4.56. The third kappa shape index (κ3) is 3.17. The van der Waals surface area contributed by atoms with E-state index in [1.54, 1.807) is 14.2 Å². The Bertz CT molecular complexity index is 442. The van der Waals surface area contributed by atoms with Gasteiger partial charge in [0.05, 0.1) is 20.1 Å². The monoisotopic (exact) mass is 264 g/mol. The van der Waals surface area contributed by atoms with E-state index in [0.717, 1.165) is 25.1 Å². The van der Waals surface area contributed by atoms with Crippen LogP contribution in [0.25, 0.3) is 0 Å². The molecule has 1 amide bonds. The number of para-hydroxylation sites is 1. The number of hydrogen-bond donors (Lipinski definition) is 2. The highest BCUT2D eigenvalue weighted by atomic mass is 16.5. The van der Waals surface area contributed by atoms with Gasteiger partial charge in [-0.15, -0.1) is 0 Å². The van der Waals surface area contributed by atoms with Gasteiger partial charge < -0.3 is 20.1 Å². The minimum atomic E-state index is 0.0802. The molecule has 2 rings (SSSR count). The molecule has 1 fully saturated rings. The lowest BCUT2D eigenvalue weighted by Gasteiger charge is -2.14. The van der Waals surface area contributed by atoms with Crippen molar-refractivity contribution < 1.29 is 14.3 Å². The Kier molecular flexibility index (Phi) is 4.63. The molecule has 0 aliphatic carbocycles. The summed E-state index contributed by atoms with van der Waals surface area (Å²) in [6, 6.07) is 5.65. The highest BCUT2D eigenvalue weighted by Crippen LogP contribution is 2.30. The maximum atomic E-state index is 11.9. The van der Waals surface area contributed by atoms with E-state index in [-0.39, 0.29) is 11.8 Å². The number of hydrogen-bond acceptors (Lipinski definition) is 4. The Balaban J connectivity index is 2.00. The molecule has 1 aliphatic heterocycles. The Hall–Kier alpha value is -1.75. The number of nitrogens with one attached hydrogen (secondary N) is 2. The number of carbonyl (C=O) groups is 1. The van der Waals surface area contributed by atoms with Crippen molar-refractivity contribution >= 4 is 5.91 Å². The molecule has 0 spiro atoms. The van der Waals surface area contributed by atoms with Crippen LogP contribution in [0.15, 0.2) is 18.2 Å². The molecule has 1 aromatic rings. The zero-order valence-electron chi connectivity index (χ0n) is 11.4. The first-order chi connectivity index (χ1) is 9.26. The topological polar surface area (TPSA) is 59.6 Å². The van der Waals surface area contributed by atoms with Crippen molar-refractivity contribution in [3.8, 4) is 11.5 Å². The molecule has 1 unspecified atom stereocenters. The van der Waals surface area contributed by atoms with Crippen LogP contribution in [0.3, 0.4) is 0 Å². The van der Waals surface area contributed by atoms with Gasteiger partial charge in [-0.25, -0.2) is 0 Å². The molecule has 1 aromatic carbocycles. The molecule has 0 aromatic heterocycles. The molecule has 5 heteroatoms. The average molecular weight is 264 g/mol. The molecular weight excluding hydrogens is 244 g/mol. The summed E-state index contributed by atoms with van der Waals surface area (Å²) in [5.41, 5.74) is 0.918. The van der Waals surface area contributed by atoms with Gasteiger partial charge in [0.15, 0.2) is 11.5 Å². The van der Waals surface area contributed by atoms with Crippen LogP contribution in [0.2, 0.25) is 0 Å². The first kappa shape index (κ1) is 13.7.